The minimum atomic E-state index is -1.02. The zero-order valence-electron chi connectivity index (χ0n) is 10.9. The maximum Gasteiger partial charge on any atom is 0.323 e. The molecule has 6 nitrogen and oxygen atoms in total. The third kappa shape index (κ3) is 3.63. The average Bonchev–Trinajstić information content (AvgIpc) is 3.22. The Morgan fingerprint density at radius 1 is 1.50 bits per heavy atom. The van der Waals surface area contributed by atoms with Gasteiger partial charge in [0.05, 0.1) is 12.8 Å². The molecule has 7 heteroatoms. The fraction of sp³-hybridized carbons (Fsp3) is 0.385. The van der Waals surface area contributed by atoms with Gasteiger partial charge in [-0.3, -0.25) is 4.79 Å². The van der Waals surface area contributed by atoms with E-state index in [1.54, 1.807) is 18.2 Å². The Balaban J connectivity index is 2.11. The van der Waals surface area contributed by atoms with Crippen LogP contribution < -0.4 is 10.1 Å². The van der Waals surface area contributed by atoms with Crippen LogP contribution in [0, 0.1) is 0 Å². The van der Waals surface area contributed by atoms with Crippen molar-refractivity contribution in [3.05, 3.63) is 22.7 Å². The van der Waals surface area contributed by atoms with Gasteiger partial charge in [-0.1, -0.05) is 0 Å². The number of carbonyl (C=O) groups is 2. The maximum atomic E-state index is 12.2. The van der Waals surface area contributed by atoms with Crippen LogP contribution in [0.3, 0.4) is 0 Å². The van der Waals surface area contributed by atoms with Crippen LogP contribution in [0.2, 0.25) is 0 Å². The summed E-state index contributed by atoms with van der Waals surface area (Å²) in [7, 11) is 1.54. The first kappa shape index (κ1) is 14.6. The van der Waals surface area contributed by atoms with Crippen LogP contribution in [-0.2, 0) is 4.79 Å². The lowest BCUT2D eigenvalue weighted by Gasteiger charge is -2.21. The first-order valence-electron chi connectivity index (χ1n) is 6.14. The van der Waals surface area contributed by atoms with E-state index in [2.05, 4.69) is 21.2 Å². The minimum Gasteiger partial charge on any atom is -0.497 e. The molecule has 20 heavy (non-hydrogen) atoms. The molecule has 2 amide bonds. The Bertz CT molecular complexity index is 531. The molecule has 1 saturated carbocycles. The number of aliphatic carboxylic acids is 1. The summed E-state index contributed by atoms with van der Waals surface area (Å²) in [6, 6.07) is 4.80. The van der Waals surface area contributed by atoms with Crippen LogP contribution in [-0.4, -0.2) is 41.7 Å². The second kappa shape index (κ2) is 6.13. The predicted octanol–water partition coefficient (Wildman–Crippen LogP) is 2.54. The molecule has 1 aromatic carbocycles. The number of nitrogens with one attached hydrogen (secondary N) is 1. The minimum absolute atomic E-state index is 0.0236. The normalized spacial score (nSPS) is 13.7. The number of anilines is 1. The monoisotopic (exact) mass is 342 g/mol. The van der Waals surface area contributed by atoms with E-state index in [0.29, 0.717) is 15.9 Å². The van der Waals surface area contributed by atoms with Crippen LogP contribution in [0.15, 0.2) is 22.7 Å². The lowest BCUT2D eigenvalue weighted by molar-refractivity contribution is -0.137. The largest absolute Gasteiger partial charge is 0.497 e. The van der Waals surface area contributed by atoms with E-state index < -0.39 is 12.0 Å². The van der Waals surface area contributed by atoms with Crippen molar-refractivity contribution in [2.24, 2.45) is 0 Å². The fourth-order valence-corrected chi connectivity index (χ4v) is 2.16. The molecule has 0 heterocycles. The van der Waals surface area contributed by atoms with Gasteiger partial charge in [0.15, 0.2) is 0 Å². The van der Waals surface area contributed by atoms with Crippen molar-refractivity contribution in [2.75, 3.05) is 19.0 Å². The first-order chi connectivity index (χ1) is 9.51. The molecule has 1 aromatic rings. The molecule has 2 rings (SSSR count). The fourth-order valence-electron chi connectivity index (χ4n) is 1.81. The molecule has 0 aliphatic heterocycles. The van der Waals surface area contributed by atoms with Crippen molar-refractivity contribution in [3.8, 4) is 5.75 Å². The van der Waals surface area contributed by atoms with Crippen molar-refractivity contribution < 1.29 is 19.4 Å². The SMILES string of the molecule is COc1ccc(Br)c(NC(=O)N(CC(=O)O)C2CC2)c1. The molecule has 0 spiro atoms. The van der Waals surface area contributed by atoms with Crippen LogP contribution >= 0.6 is 15.9 Å². The lowest BCUT2D eigenvalue weighted by atomic mass is 10.3. The Hall–Kier alpha value is -1.76. The van der Waals surface area contributed by atoms with Crippen LogP contribution in [0.1, 0.15) is 12.8 Å². The summed E-state index contributed by atoms with van der Waals surface area (Å²) < 4.78 is 5.80. The van der Waals surface area contributed by atoms with Crippen molar-refractivity contribution >= 4 is 33.6 Å². The van der Waals surface area contributed by atoms with E-state index in [4.69, 9.17) is 9.84 Å². The quantitative estimate of drug-likeness (QED) is 0.861. The third-order valence-electron chi connectivity index (χ3n) is 2.97. The zero-order valence-corrected chi connectivity index (χ0v) is 12.5. The summed E-state index contributed by atoms with van der Waals surface area (Å²) in [5.41, 5.74) is 0.547. The van der Waals surface area contributed by atoms with Crippen molar-refractivity contribution in [1.82, 2.24) is 4.90 Å². The Kier molecular flexibility index (Phi) is 4.49. The van der Waals surface area contributed by atoms with E-state index in [-0.39, 0.29) is 12.6 Å². The molecule has 0 radical (unpaired) electrons. The summed E-state index contributed by atoms with van der Waals surface area (Å²) in [5.74, 6) is -0.406. The number of hydrogen-bond acceptors (Lipinski definition) is 3. The molecule has 108 valence electrons. The molecular formula is C13H15BrN2O4. The van der Waals surface area contributed by atoms with E-state index >= 15 is 0 Å². The van der Waals surface area contributed by atoms with Crippen molar-refractivity contribution in [3.63, 3.8) is 0 Å². The highest BCUT2D eigenvalue weighted by Crippen LogP contribution is 2.30. The Morgan fingerprint density at radius 2 is 2.20 bits per heavy atom. The van der Waals surface area contributed by atoms with Crippen LogP contribution in [0.5, 0.6) is 5.75 Å². The summed E-state index contributed by atoms with van der Waals surface area (Å²) >= 11 is 3.34. The first-order valence-corrected chi connectivity index (χ1v) is 6.93. The highest BCUT2D eigenvalue weighted by molar-refractivity contribution is 9.10. The number of halogens is 1. The zero-order chi connectivity index (χ0) is 14.7. The lowest BCUT2D eigenvalue weighted by Crippen LogP contribution is -2.40. The van der Waals surface area contributed by atoms with Gasteiger partial charge in [-0.25, -0.2) is 4.79 Å². The molecule has 0 atom stereocenters. The number of amides is 2. The maximum absolute atomic E-state index is 12.2. The van der Waals surface area contributed by atoms with Crippen LogP contribution in [0.25, 0.3) is 0 Å². The molecule has 0 bridgehead atoms. The Morgan fingerprint density at radius 3 is 2.75 bits per heavy atom. The number of carbonyl (C=O) groups excluding carboxylic acids is 1. The van der Waals surface area contributed by atoms with Gasteiger partial charge in [0.25, 0.3) is 0 Å². The highest BCUT2D eigenvalue weighted by Gasteiger charge is 2.34. The average molecular weight is 343 g/mol. The van der Waals surface area contributed by atoms with Gasteiger partial charge in [0.1, 0.15) is 12.3 Å². The van der Waals surface area contributed by atoms with Gasteiger partial charge in [-0.05, 0) is 40.9 Å². The van der Waals surface area contributed by atoms with Crippen molar-refractivity contribution in [2.45, 2.75) is 18.9 Å². The standard InChI is InChI=1S/C13H15BrN2O4/c1-20-9-4-5-10(14)11(6-9)15-13(19)16(7-12(17)18)8-2-3-8/h4-6,8H,2-3,7H2,1H3,(H,15,19)(H,17,18). The number of urea groups is 1. The third-order valence-corrected chi connectivity index (χ3v) is 3.66. The predicted molar refractivity (Wildman–Crippen MR) is 77.1 cm³/mol. The molecule has 2 N–H and O–H groups in total. The van der Waals surface area contributed by atoms with Crippen molar-refractivity contribution in [1.29, 1.82) is 0 Å². The summed E-state index contributed by atoms with van der Waals surface area (Å²) in [6.07, 6.45) is 1.69. The van der Waals surface area contributed by atoms with Gasteiger partial charge in [0.2, 0.25) is 0 Å². The second-order valence-corrected chi connectivity index (χ2v) is 5.38. The van der Waals surface area contributed by atoms with E-state index in [9.17, 15) is 9.59 Å². The van der Waals surface area contributed by atoms with Crippen LogP contribution in [0.4, 0.5) is 10.5 Å². The molecule has 0 saturated heterocycles. The number of benzene rings is 1. The molecular weight excluding hydrogens is 328 g/mol. The number of carboxylic acids is 1. The van der Waals surface area contributed by atoms with E-state index in [1.807, 2.05) is 0 Å². The number of methoxy groups -OCH3 is 1. The second-order valence-electron chi connectivity index (χ2n) is 4.53. The number of rotatable bonds is 5. The van der Waals surface area contributed by atoms with Gasteiger partial charge in [-0.2, -0.15) is 0 Å². The number of nitrogens with zero attached hydrogens (tertiary/aromatic N) is 1. The number of ether oxygens (including phenoxy) is 1. The molecule has 0 aromatic heterocycles. The molecule has 1 fully saturated rings. The topological polar surface area (TPSA) is 78.9 Å². The van der Waals surface area contributed by atoms with Gasteiger partial charge < -0.3 is 20.1 Å². The summed E-state index contributed by atoms with van der Waals surface area (Å²) in [6.45, 7) is -0.294. The smallest absolute Gasteiger partial charge is 0.323 e. The highest BCUT2D eigenvalue weighted by atomic mass is 79.9. The van der Waals surface area contributed by atoms with E-state index in [1.165, 1.54) is 12.0 Å². The summed E-state index contributed by atoms with van der Waals surface area (Å²) in [5, 5.41) is 11.6. The molecule has 1 aliphatic carbocycles. The summed E-state index contributed by atoms with van der Waals surface area (Å²) in [4.78, 5) is 24.3. The van der Waals surface area contributed by atoms with Gasteiger partial charge >= 0.3 is 12.0 Å². The molecule has 1 aliphatic rings. The Labute approximate surface area is 124 Å². The number of carboxylic acid groups (broad SMARTS) is 1. The van der Waals surface area contributed by atoms with Gasteiger partial charge in [-0.15, -0.1) is 0 Å². The number of hydrogen-bond donors (Lipinski definition) is 2. The van der Waals surface area contributed by atoms with Gasteiger partial charge in [0, 0.05) is 16.6 Å². The molecule has 0 unspecified atom stereocenters. The van der Waals surface area contributed by atoms with E-state index in [0.717, 1.165) is 12.8 Å².